The first-order valence-corrected chi connectivity index (χ1v) is 11.4. The van der Waals surface area contributed by atoms with Gasteiger partial charge < -0.3 is 15.1 Å². The maximum absolute atomic E-state index is 12.2. The number of nitrogens with zero attached hydrogens (tertiary/aromatic N) is 1. The summed E-state index contributed by atoms with van der Waals surface area (Å²) >= 11 is 0. The number of unbranched alkanes of at least 4 members (excludes halogenated alkanes) is 11. The molecule has 5 heteroatoms. The lowest BCUT2D eigenvalue weighted by molar-refractivity contribution is -0.148. The van der Waals surface area contributed by atoms with E-state index in [9.17, 15) is 14.7 Å². The topological polar surface area (TPSA) is 77.8 Å². The predicted octanol–water partition coefficient (Wildman–Crippen LogP) is 5.07. The molecule has 1 amide bonds. The summed E-state index contributed by atoms with van der Waals surface area (Å²) in [5.41, 5.74) is 0. The van der Waals surface area contributed by atoms with Crippen molar-refractivity contribution >= 4 is 11.9 Å². The molecule has 0 aromatic rings. The highest BCUT2D eigenvalue weighted by molar-refractivity contribution is 5.84. The van der Waals surface area contributed by atoms with Crippen LogP contribution in [-0.4, -0.2) is 45.7 Å². The number of carboxylic acid groups (broad SMARTS) is 1. The summed E-state index contributed by atoms with van der Waals surface area (Å²) in [7, 11) is 0. The third kappa shape index (κ3) is 10.8. The third-order valence-corrected chi connectivity index (χ3v) is 5.54. The first-order valence-electron chi connectivity index (χ1n) is 11.4. The zero-order valence-corrected chi connectivity index (χ0v) is 17.8. The second kappa shape index (κ2) is 15.5. The number of aliphatic hydroxyl groups is 1. The van der Waals surface area contributed by atoms with Crippen molar-refractivity contribution in [2.45, 2.75) is 115 Å². The molecule has 0 aromatic carbocycles. The standard InChI is InChI=1S/C23H41NO4/c1-2-3-4-5-6-7-8-9-10-11-12-13-14-15-16-17-22(26)24-19-20(25)18-21(24)23(27)28/h9-10,20-21,25H,2-8,11-19H2,1H3,(H,27,28)/b10-9+/t20?,21-/m0/s1. The molecule has 1 rings (SSSR count). The predicted molar refractivity (Wildman–Crippen MR) is 113 cm³/mol. The van der Waals surface area contributed by atoms with Gasteiger partial charge >= 0.3 is 5.97 Å². The highest BCUT2D eigenvalue weighted by atomic mass is 16.4. The van der Waals surface area contributed by atoms with Crippen molar-refractivity contribution in [3.05, 3.63) is 12.2 Å². The van der Waals surface area contributed by atoms with Gasteiger partial charge in [0.1, 0.15) is 6.04 Å². The lowest BCUT2D eigenvalue weighted by Crippen LogP contribution is -2.40. The minimum absolute atomic E-state index is 0.137. The Hall–Kier alpha value is -1.36. The van der Waals surface area contributed by atoms with E-state index in [2.05, 4.69) is 19.1 Å². The molecule has 0 aliphatic carbocycles. The molecule has 0 bridgehead atoms. The molecule has 0 saturated carbocycles. The number of likely N-dealkylation sites (tertiary alicyclic amines) is 1. The van der Waals surface area contributed by atoms with Gasteiger partial charge in [0, 0.05) is 19.4 Å². The van der Waals surface area contributed by atoms with E-state index in [1.54, 1.807) is 0 Å². The Morgan fingerprint density at radius 2 is 1.43 bits per heavy atom. The van der Waals surface area contributed by atoms with Crippen LogP contribution in [0.2, 0.25) is 0 Å². The van der Waals surface area contributed by atoms with Crippen LogP contribution < -0.4 is 0 Å². The molecule has 1 saturated heterocycles. The van der Waals surface area contributed by atoms with Crippen LogP contribution in [0.4, 0.5) is 0 Å². The summed E-state index contributed by atoms with van der Waals surface area (Å²) < 4.78 is 0. The van der Waals surface area contributed by atoms with Crippen LogP contribution in [0.15, 0.2) is 12.2 Å². The van der Waals surface area contributed by atoms with Gasteiger partial charge in [-0.2, -0.15) is 0 Å². The summed E-state index contributed by atoms with van der Waals surface area (Å²) in [6.45, 7) is 2.40. The maximum Gasteiger partial charge on any atom is 0.326 e. The molecule has 0 aromatic heterocycles. The highest BCUT2D eigenvalue weighted by Gasteiger charge is 2.38. The largest absolute Gasteiger partial charge is 0.480 e. The summed E-state index contributed by atoms with van der Waals surface area (Å²) in [4.78, 5) is 24.7. The molecule has 2 N–H and O–H groups in total. The minimum atomic E-state index is -1.02. The van der Waals surface area contributed by atoms with Gasteiger partial charge in [-0.1, -0.05) is 70.4 Å². The number of rotatable bonds is 16. The van der Waals surface area contributed by atoms with E-state index in [1.165, 1.54) is 62.7 Å². The second-order valence-corrected chi connectivity index (χ2v) is 8.12. The van der Waals surface area contributed by atoms with Crippen LogP contribution in [0.3, 0.4) is 0 Å². The van der Waals surface area contributed by atoms with E-state index >= 15 is 0 Å². The Morgan fingerprint density at radius 1 is 0.893 bits per heavy atom. The van der Waals surface area contributed by atoms with Gasteiger partial charge in [0.25, 0.3) is 0 Å². The smallest absolute Gasteiger partial charge is 0.326 e. The highest BCUT2D eigenvalue weighted by Crippen LogP contribution is 2.20. The molecule has 1 aliphatic rings. The summed E-state index contributed by atoms with van der Waals surface area (Å²) in [6.07, 6.45) is 20.2. The molecule has 1 aliphatic heterocycles. The minimum Gasteiger partial charge on any atom is -0.480 e. The van der Waals surface area contributed by atoms with E-state index < -0.39 is 18.1 Å². The fraction of sp³-hybridized carbons (Fsp3) is 0.826. The van der Waals surface area contributed by atoms with Gasteiger partial charge in [0.15, 0.2) is 0 Å². The van der Waals surface area contributed by atoms with Crippen LogP contribution in [-0.2, 0) is 9.59 Å². The number of hydrogen-bond acceptors (Lipinski definition) is 3. The summed E-state index contributed by atoms with van der Waals surface area (Å²) in [6, 6.07) is -0.856. The molecule has 28 heavy (non-hydrogen) atoms. The van der Waals surface area contributed by atoms with Crippen LogP contribution in [0.5, 0.6) is 0 Å². The van der Waals surface area contributed by atoms with Gasteiger partial charge in [-0.25, -0.2) is 4.79 Å². The van der Waals surface area contributed by atoms with Gasteiger partial charge in [-0.3, -0.25) is 4.79 Å². The maximum atomic E-state index is 12.2. The Labute approximate surface area is 171 Å². The summed E-state index contributed by atoms with van der Waals surface area (Å²) in [5, 5.41) is 18.8. The monoisotopic (exact) mass is 395 g/mol. The second-order valence-electron chi connectivity index (χ2n) is 8.12. The van der Waals surface area contributed by atoms with Crippen LogP contribution in [0.25, 0.3) is 0 Å². The molecule has 162 valence electrons. The number of aliphatic carboxylic acids is 1. The zero-order chi connectivity index (χ0) is 20.6. The lowest BCUT2D eigenvalue weighted by Gasteiger charge is -2.21. The Morgan fingerprint density at radius 3 is 2.00 bits per heavy atom. The van der Waals surface area contributed by atoms with Crippen molar-refractivity contribution in [3.63, 3.8) is 0 Å². The quantitative estimate of drug-likeness (QED) is 0.282. The number of allylic oxidation sites excluding steroid dienone is 2. The SMILES string of the molecule is CCCCCCCC/C=C/CCCCCCCC(=O)N1CC(O)C[C@H]1C(=O)O. The fourth-order valence-electron chi connectivity index (χ4n) is 3.81. The molecule has 1 heterocycles. The van der Waals surface area contributed by atoms with Crippen molar-refractivity contribution in [2.75, 3.05) is 6.54 Å². The van der Waals surface area contributed by atoms with E-state index in [-0.39, 0.29) is 18.9 Å². The zero-order valence-electron chi connectivity index (χ0n) is 17.8. The van der Waals surface area contributed by atoms with Crippen molar-refractivity contribution in [1.82, 2.24) is 4.90 Å². The van der Waals surface area contributed by atoms with E-state index in [1.807, 2.05) is 0 Å². The van der Waals surface area contributed by atoms with Crippen LogP contribution in [0, 0.1) is 0 Å². The molecule has 1 unspecified atom stereocenters. The van der Waals surface area contributed by atoms with Crippen LogP contribution in [0.1, 0.15) is 103 Å². The van der Waals surface area contributed by atoms with Gasteiger partial charge in [0.05, 0.1) is 6.10 Å². The van der Waals surface area contributed by atoms with Crippen molar-refractivity contribution in [2.24, 2.45) is 0 Å². The van der Waals surface area contributed by atoms with Crippen molar-refractivity contribution in [3.8, 4) is 0 Å². The van der Waals surface area contributed by atoms with E-state index in [4.69, 9.17) is 5.11 Å². The van der Waals surface area contributed by atoms with Crippen LogP contribution >= 0.6 is 0 Å². The number of carbonyl (C=O) groups is 2. The van der Waals surface area contributed by atoms with Crippen molar-refractivity contribution < 1.29 is 19.8 Å². The number of carboxylic acids is 1. The molecule has 1 fully saturated rings. The molecular formula is C23H41NO4. The average Bonchev–Trinajstić information content (AvgIpc) is 3.07. The van der Waals surface area contributed by atoms with Gasteiger partial charge in [-0.05, 0) is 32.1 Å². The van der Waals surface area contributed by atoms with Gasteiger partial charge in [-0.15, -0.1) is 0 Å². The normalized spacial score (nSPS) is 19.6. The Kier molecular flexibility index (Phi) is 13.7. The molecule has 0 spiro atoms. The Bertz CT molecular complexity index is 464. The number of amides is 1. The van der Waals surface area contributed by atoms with Crippen molar-refractivity contribution in [1.29, 1.82) is 0 Å². The number of carbonyl (C=O) groups excluding carboxylic acids is 1. The third-order valence-electron chi connectivity index (χ3n) is 5.54. The molecule has 2 atom stereocenters. The van der Waals surface area contributed by atoms with Gasteiger partial charge in [0.2, 0.25) is 5.91 Å². The molecule has 5 nitrogen and oxygen atoms in total. The van der Waals surface area contributed by atoms with E-state index in [0.717, 1.165) is 25.7 Å². The van der Waals surface area contributed by atoms with E-state index in [0.29, 0.717) is 6.42 Å². The average molecular weight is 396 g/mol. The number of aliphatic hydroxyl groups excluding tert-OH is 1. The molecule has 0 radical (unpaired) electrons. The first-order chi connectivity index (χ1) is 13.6. The lowest BCUT2D eigenvalue weighted by atomic mass is 10.1. The number of β-amino-alcohol motifs (C(OH)–C–C–N with tert-alkyl or cyclic N) is 1. The Balaban J connectivity index is 1.94. The fourth-order valence-corrected chi connectivity index (χ4v) is 3.81. The first kappa shape index (κ1) is 24.7. The molecular weight excluding hydrogens is 354 g/mol. The number of hydrogen-bond donors (Lipinski definition) is 2. The summed E-state index contributed by atoms with van der Waals surface area (Å²) in [5.74, 6) is -1.16.